The lowest BCUT2D eigenvalue weighted by molar-refractivity contribution is -0.00983. The summed E-state index contributed by atoms with van der Waals surface area (Å²) in [7, 11) is -2.01. The van der Waals surface area contributed by atoms with Crippen LogP contribution in [0.5, 0.6) is 0 Å². The van der Waals surface area contributed by atoms with Crippen molar-refractivity contribution in [1.82, 2.24) is 24.8 Å². The first-order valence-corrected chi connectivity index (χ1v) is 16.4. The molecule has 2 aromatic heterocycles. The smallest absolute Gasteiger partial charge is 0.312 e. The molecule has 1 saturated heterocycles. The third-order valence-corrected chi connectivity index (χ3v) is 9.46. The summed E-state index contributed by atoms with van der Waals surface area (Å²) in [5.41, 5.74) is 1.74. The van der Waals surface area contributed by atoms with Gasteiger partial charge in [0.05, 0.1) is 34.8 Å². The molecule has 1 aromatic carbocycles. The van der Waals surface area contributed by atoms with Gasteiger partial charge >= 0.3 is 13.9 Å². The number of phosphoric acid groups is 1. The second kappa shape index (κ2) is 12.3. The van der Waals surface area contributed by atoms with Crippen molar-refractivity contribution >= 4 is 46.3 Å². The SMILES string of the molecule is CCN1CN(C)CN(c2nc3cc(-c4cnc([C@@H](C)OP(=O)(OC(C)(C)C)OC(C)(C)C)nc4)cc(C(C)=N)c3s2)C1=O. The minimum atomic E-state index is -3.97. The van der Waals surface area contributed by atoms with Crippen LogP contribution in [-0.4, -0.2) is 74.6 Å². The molecule has 1 aliphatic rings. The molecule has 3 aromatic rings. The molecular formula is C29H42N7O5PS. The molecule has 12 nitrogen and oxygen atoms in total. The number of carbonyl (C=O) groups is 1. The van der Waals surface area contributed by atoms with Crippen molar-refractivity contribution in [2.75, 3.05) is 31.8 Å². The van der Waals surface area contributed by atoms with Gasteiger partial charge in [0.2, 0.25) is 0 Å². The monoisotopic (exact) mass is 631 g/mol. The van der Waals surface area contributed by atoms with Gasteiger partial charge in [0.15, 0.2) is 11.0 Å². The van der Waals surface area contributed by atoms with Gasteiger partial charge in [0, 0.05) is 35.8 Å². The van der Waals surface area contributed by atoms with Crippen LogP contribution in [0.25, 0.3) is 21.3 Å². The average Bonchev–Trinajstić information content (AvgIpc) is 3.30. The molecule has 4 rings (SSSR count). The topological polar surface area (TPSA) is 134 Å². The number of thiazole rings is 1. The Balaban J connectivity index is 1.63. The van der Waals surface area contributed by atoms with Gasteiger partial charge in [-0.2, -0.15) is 0 Å². The first-order chi connectivity index (χ1) is 19.9. The molecule has 0 spiro atoms. The molecule has 3 heterocycles. The summed E-state index contributed by atoms with van der Waals surface area (Å²) in [6.07, 6.45) is 2.53. The molecule has 0 unspecified atom stereocenters. The lowest BCUT2D eigenvalue weighted by Crippen LogP contribution is -2.56. The predicted octanol–water partition coefficient (Wildman–Crippen LogP) is 7.07. The fraction of sp³-hybridized carbons (Fsp3) is 0.552. The molecule has 43 heavy (non-hydrogen) atoms. The zero-order chi connectivity index (χ0) is 31.9. The Morgan fingerprint density at radius 3 is 2.21 bits per heavy atom. The second-order valence-electron chi connectivity index (χ2n) is 12.6. The fourth-order valence-electron chi connectivity index (χ4n) is 4.50. The van der Waals surface area contributed by atoms with E-state index in [-0.39, 0.29) is 6.03 Å². The molecule has 0 bridgehead atoms. The number of anilines is 1. The Hall–Kier alpha value is -2.80. The summed E-state index contributed by atoms with van der Waals surface area (Å²) in [5.74, 6) is 0.313. The number of aromatic nitrogens is 3. The number of benzene rings is 1. The number of amides is 2. The van der Waals surface area contributed by atoms with Crippen molar-refractivity contribution in [1.29, 1.82) is 5.41 Å². The van der Waals surface area contributed by atoms with Crippen molar-refractivity contribution in [2.24, 2.45) is 0 Å². The lowest BCUT2D eigenvalue weighted by Gasteiger charge is -2.38. The van der Waals surface area contributed by atoms with Crippen molar-refractivity contribution in [3.05, 3.63) is 35.9 Å². The number of hydrogen-bond acceptors (Lipinski definition) is 11. The molecule has 14 heteroatoms. The van der Waals surface area contributed by atoms with E-state index in [9.17, 15) is 9.36 Å². The maximum absolute atomic E-state index is 13.6. The van der Waals surface area contributed by atoms with E-state index < -0.39 is 25.1 Å². The highest BCUT2D eigenvalue weighted by atomic mass is 32.1. The molecule has 1 aliphatic heterocycles. The number of nitrogens with one attached hydrogen (secondary N) is 1. The number of nitrogens with zero attached hydrogens (tertiary/aromatic N) is 6. The number of urea groups is 1. The van der Waals surface area contributed by atoms with Crippen LogP contribution in [-0.2, 0) is 18.1 Å². The normalized spacial score (nSPS) is 16.3. The summed E-state index contributed by atoms with van der Waals surface area (Å²) in [5, 5.41) is 9.03. The molecule has 0 saturated carbocycles. The van der Waals surface area contributed by atoms with Gasteiger partial charge in [-0.25, -0.2) is 24.3 Å². The van der Waals surface area contributed by atoms with E-state index in [0.29, 0.717) is 47.6 Å². The maximum Gasteiger partial charge on any atom is 0.476 e. The van der Waals surface area contributed by atoms with Crippen molar-refractivity contribution in [2.45, 2.75) is 79.6 Å². The van der Waals surface area contributed by atoms with Crippen LogP contribution < -0.4 is 4.90 Å². The zero-order valence-corrected chi connectivity index (χ0v) is 28.3. The molecular weight excluding hydrogens is 589 g/mol. The van der Waals surface area contributed by atoms with Gasteiger partial charge in [-0.3, -0.25) is 23.4 Å². The van der Waals surface area contributed by atoms with Gasteiger partial charge in [-0.05, 0) is 87.1 Å². The van der Waals surface area contributed by atoms with Gasteiger partial charge in [0.1, 0.15) is 6.10 Å². The average molecular weight is 632 g/mol. The van der Waals surface area contributed by atoms with Gasteiger partial charge in [-0.1, -0.05) is 11.3 Å². The number of hydrogen-bond donors (Lipinski definition) is 1. The molecule has 1 atom stereocenters. The minimum Gasteiger partial charge on any atom is -0.312 e. The molecule has 1 fully saturated rings. The van der Waals surface area contributed by atoms with Crippen LogP contribution in [0.15, 0.2) is 24.5 Å². The Morgan fingerprint density at radius 2 is 1.67 bits per heavy atom. The molecule has 2 amide bonds. The number of fused-ring (bicyclic) bond motifs is 1. The molecule has 0 aliphatic carbocycles. The van der Waals surface area contributed by atoms with Crippen LogP contribution in [0.2, 0.25) is 0 Å². The van der Waals surface area contributed by atoms with E-state index in [0.717, 1.165) is 15.8 Å². The minimum absolute atomic E-state index is 0.0846. The van der Waals surface area contributed by atoms with Crippen LogP contribution in [0.1, 0.15) is 79.8 Å². The zero-order valence-electron chi connectivity index (χ0n) is 26.6. The highest BCUT2D eigenvalue weighted by Crippen LogP contribution is 2.57. The first-order valence-electron chi connectivity index (χ1n) is 14.2. The fourth-order valence-corrected chi connectivity index (χ4v) is 7.55. The Bertz CT molecular complexity index is 1530. The summed E-state index contributed by atoms with van der Waals surface area (Å²) in [4.78, 5) is 32.4. The molecule has 1 N–H and O–H groups in total. The van der Waals surface area contributed by atoms with Crippen LogP contribution in [0.3, 0.4) is 0 Å². The summed E-state index contributed by atoms with van der Waals surface area (Å²) in [6, 6.07) is 3.74. The Morgan fingerprint density at radius 1 is 1.07 bits per heavy atom. The number of phosphoric ester groups is 1. The van der Waals surface area contributed by atoms with Gasteiger partial charge < -0.3 is 10.3 Å². The lowest BCUT2D eigenvalue weighted by atomic mass is 10.0. The summed E-state index contributed by atoms with van der Waals surface area (Å²) >= 11 is 1.40. The van der Waals surface area contributed by atoms with Gasteiger partial charge in [-0.15, -0.1) is 0 Å². The Kier molecular flexibility index (Phi) is 9.47. The molecule has 234 valence electrons. The Labute approximate surface area is 257 Å². The van der Waals surface area contributed by atoms with Crippen LogP contribution in [0, 0.1) is 5.41 Å². The second-order valence-corrected chi connectivity index (χ2v) is 15.1. The predicted molar refractivity (Wildman–Crippen MR) is 170 cm³/mol. The van der Waals surface area contributed by atoms with Crippen molar-refractivity contribution in [3.63, 3.8) is 0 Å². The third kappa shape index (κ3) is 8.03. The van der Waals surface area contributed by atoms with E-state index in [2.05, 4.69) is 14.9 Å². The highest BCUT2D eigenvalue weighted by molar-refractivity contribution is 7.48. The largest absolute Gasteiger partial charge is 0.476 e. The first kappa shape index (κ1) is 33.1. The van der Waals surface area contributed by atoms with Crippen molar-refractivity contribution in [3.8, 4) is 11.1 Å². The maximum atomic E-state index is 13.6. The van der Waals surface area contributed by atoms with Crippen molar-refractivity contribution < 1.29 is 22.9 Å². The van der Waals surface area contributed by atoms with E-state index in [1.165, 1.54) is 11.3 Å². The van der Waals surface area contributed by atoms with E-state index in [1.807, 2.05) is 26.1 Å². The van der Waals surface area contributed by atoms with Crippen LogP contribution >= 0.6 is 19.2 Å². The highest BCUT2D eigenvalue weighted by Gasteiger charge is 2.39. The third-order valence-electron chi connectivity index (χ3n) is 6.22. The number of carbonyl (C=O) groups excluding carboxylic acids is 1. The van der Waals surface area contributed by atoms with Crippen LogP contribution in [0.4, 0.5) is 9.93 Å². The molecule has 0 radical (unpaired) electrons. The summed E-state index contributed by atoms with van der Waals surface area (Å²) < 4.78 is 31.7. The van der Waals surface area contributed by atoms with E-state index in [4.69, 9.17) is 24.0 Å². The van der Waals surface area contributed by atoms with E-state index in [1.54, 1.807) is 77.6 Å². The number of rotatable bonds is 9. The standard InChI is InChI=1S/C29H42N7O5PS/c1-11-35-16-34(10)17-36(27(35)37)26-33-23-13-20(12-22(18(2)30)24(23)43-26)21-14-31-25(32-15-21)19(3)39-42(38,40-28(4,5)6)41-29(7,8)9/h12-15,19,30H,11,16-17H2,1-10H3/t19-/m1/s1. The van der Waals surface area contributed by atoms with E-state index >= 15 is 0 Å². The quantitative estimate of drug-likeness (QED) is 0.194. The summed E-state index contributed by atoms with van der Waals surface area (Å²) in [6.45, 7) is 17.6. The van der Waals surface area contributed by atoms with Gasteiger partial charge in [0.25, 0.3) is 0 Å².